The van der Waals surface area contributed by atoms with Crippen LogP contribution < -0.4 is 0 Å². The number of nitrogens with zero attached hydrogens (tertiary/aromatic N) is 1. The summed E-state index contributed by atoms with van der Waals surface area (Å²) in [6.45, 7) is 0. The van der Waals surface area contributed by atoms with E-state index in [1.807, 2.05) is 11.3 Å². The number of fused-ring (bicyclic) bond motifs is 19. The predicted octanol–water partition coefficient (Wildman–Crippen LogP) is 14.3. The van der Waals surface area contributed by atoms with Crippen molar-refractivity contribution in [2.24, 2.45) is 0 Å². The molecule has 2 heteroatoms. The summed E-state index contributed by atoms with van der Waals surface area (Å²) in [5, 5.41) is 7.98. The van der Waals surface area contributed by atoms with E-state index in [1.54, 1.807) is 0 Å². The molecule has 55 heavy (non-hydrogen) atoms. The van der Waals surface area contributed by atoms with E-state index in [1.165, 1.54) is 125 Å². The Kier molecular flexibility index (Phi) is 5.15. The van der Waals surface area contributed by atoms with Crippen LogP contribution in [0.25, 0.3) is 103 Å². The summed E-state index contributed by atoms with van der Waals surface area (Å²) in [7, 11) is 0. The van der Waals surface area contributed by atoms with Crippen molar-refractivity contribution >= 4 is 64.1 Å². The molecule has 3 heterocycles. The number of benzene rings is 9. The smallest absolute Gasteiger partial charge is 0.0755 e. The van der Waals surface area contributed by atoms with Crippen LogP contribution in [0.15, 0.2) is 176 Å². The fraction of sp³-hybridized carbons (Fsp3) is 0.0189. The van der Waals surface area contributed by atoms with Crippen molar-refractivity contribution in [3.05, 3.63) is 198 Å². The largest absolute Gasteiger partial charge is 0.309 e. The Morgan fingerprint density at radius 3 is 2.00 bits per heavy atom. The van der Waals surface area contributed by atoms with Crippen LogP contribution in [0.4, 0.5) is 0 Å². The highest BCUT2D eigenvalue weighted by Crippen LogP contribution is 2.64. The molecule has 0 saturated heterocycles. The molecule has 2 aromatic heterocycles. The molecule has 1 unspecified atom stereocenters. The molecule has 0 fully saturated rings. The minimum Gasteiger partial charge on any atom is -0.309 e. The highest BCUT2D eigenvalue weighted by molar-refractivity contribution is 7.25. The molecule has 3 aliphatic rings. The summed E-state index contributed by atoms with van der Waals surface area (Å²) in [6, 6.07) is 67.1. The van der Waals surface area contributed by atoms with Gasteiger partial charge in [0.25, 0.3) is 0 Å². The van der Waals surface area contributed by atoms with Gasteiger partial charge in [0.1, 0.15) is 0 Å². The van der Waals surface area contributed by atoms with Crippen LogP contribution in [-0.4, -0.2) is 4.57 Å². The average molecular weight is 712 g/mol. The first kappa shape index (κ1) is 28.7. The van der Waals surface area contributed by atoms with Crippen LogP contribution in [-0.2, 0) is 5.41 Å². The van der Waals surface area contributed by atoms with Crippen molar-refractivity contribution in [2.45, 2.75) is 5.41 Å². The first-order valence-electron chi connectivity index (χ1n) is 19.2. The van der Waals surface area contributed by atoms with E-state index in [9.17, 15) is 0 Å². The molecule has 0 saturated carbocycles. The maximum Gasteiger partial charge on any atom is 0.0755 e. The van der Waals surface area contributed by atoms with Gasteiger partial charge in [-0.05, 0) is 120 Å². The van der Waals surface area contributed by atoms with E-state index in [-0.39, 0.29) is 0 Å². The summed E-state index contributed by atoms with van der Waals surface area (Å²) in [5.41, 5.74) is 19.3. The molecule has 14 rings (SSSR count). The third-order valence-corrected chi connectivity index (χ3v) is 14.3. The highest BCUT2D eigenvalue weighted by Gasteiger charge is 2.52. The Balaban J connectivity index is 1.17. The van der Waals surface area contributed by atoms with E-state index in [0.717, 1.165) is 0 Å². The third-order valence-electron chi connectivity index (χ3n) is 13.1. The lowest BCUT2D eigenvalue weighted by molar-refractivity contribution is 0.749. The van der Waals surface area contributed by atoms with Crippen molar-refractivity contribution in [3.8, 4) is 50.2 Å². The van der Waals surface area contributed by atoms with Gasteiger partial charge in [-0.25, -0.2) is 0 Å². The number of hydrogen-bond donors (Lipinski definition) is 0. The van der Waals surface area contributed by atoms with Crippen LogP contribution in [0.2, 0.25) is 0 Å². The zero-order chi connectivity index (χ0) is 35.6. The molecule has 0 N–H and O–H groups in total. The molecule has 9 aromatic carbocycles. The van der Waals surface area contributed by atoms with Gasteiger partial charge in [0.2, 0.25) is 0 Å². The number of hydrogen-bond acceptors (Lipinski definition) is 1. The van der Waals surface area contributed by atoms with E-state index in [4.69, 9.17) is 0 Å². The summed E-state index contributed by atoms with van der Waals surface area (Å²) in [4.78, 5) is 0. The number of rotatable bonds is 1. The quantitative estimate of drug-likeness (QED) is 0.160. The first-order chi connectivity index (χ1) is 27.3. The number of aromatic nitrogens is 1. The van der Waals surface area contributed by atoms with E-state index in [0.29, 0.717) is 0 Å². The zero-order valence-electron chi connectivity index (χ0n) is 29.6. The minimum atomic E-state index is -0.543. The van der Waals surface area contributed by atoms with Gasteiger partial charge in [0, 0.05) is 30.9 Å². The van der Waals surface area contributed by atoms with Crippen molar-refractivity contribution in [2.75, 3.05) is 0 Å². The average Bonchev–Trinajstić information content (AvgIpc) is 3.97. The van der Waals surface area contributed by atoms with Gasteiger partial charge >= 0.3 is 0 Å². The SMILES string of the molecule is c1ccc2c(c1)-c1cccc3c4c(cc-2c13)C1(c2cc(-c3ccc5sc6ccccc6c5c3)ccc2-4)c2ccccc2-n2c3ccccc3c3cccc1c32. The first-order valence-corrected chi connectivity index (χ1v) is 20.0. The van der Waals surface area contributed by atoms with Crippen molar-refractivity contribution in [1.29, 1.82) is 0 Å². The Morgan fingerprint density at radius 2 is 1.05 bits per heavy atom. The summed E-state index contributed by atoms with van der Waals surface area (Å²) < 4.78 is 5.22. The number of thiophene rings is 1. The normalized spacial score (nSPS) is 15.7. The van der Waals surface area contributed by atoms with Gasteiger partial charge in [-0.1, -0.05) is 133 Å². The van der Waals surface area contributed by atoms with Crippen LogP contribution in [0, 0.1) is 0 Å². The fourth-order valence-corrected chi connectivity index (χ4v) is 12.1. The second-order valence-corrected chi connectivity index (χ2v) is 16.6. The second kappa shape index (κ2) is 9.86. The second-order valence-electron chi connectivity index (χ2n) is 15.5. The Bertz CT molecular complexity index is 3560. The van der Waals surface area contributed by atoms with Crippen LogP contribution in [0.3, 0.4) is 0 Å². The van der Waals surface area contributed by atoms with Crippen LogP contribution >= 0.6 is 11.3 Å². The molecule has 0 bridgehead atoms. The molecule has 0 radical (unpaired) electrons. The molecule has 11 aromatic rings. The maximum atomic E-state index is 2.59. The molecule has 252 valence electrons. The summed E-state index contributed by atoms with van der Waals surface area (Å²) >= 11 is 1.88. The Labute approximate surface area is 321 Å². The van der Waals surface area contributed by atoms with E-state index >= 15 is 0 Å². The van der Waals surface area contributed by atoms with Gasteiger partial charge in [-0.2, -0.15) is 0 Å². The molecular formula is C53H29NS. The minimum absolute atomic E-state index is 0.543. The van der Waals surface area contributed by atoms with Gasteiger partial charge < -0.3 is 4.57 Å². The fourth-order valence-electron chi connectivity index (χ4n) is 11.0. The molecule has 1 atom stereocenters. The predicted molar refractivity (Wildman–Crippen MR) is 232 cm³/mol. The standard InChI is InChI=1S/C53H29NS/c1-2-12-33-32(11-1)36-15-9-17-39-50(36)41(33)29-45-51(39)38-25-23-31(30-24-26-49-40(27-30)35-14-4-8-22-48(35)55-49)28-44(38)53(45)42-18-5-7-21-47(42)54-46-20-6-3-13-34(46)37-16-10-19-43(53)52(37)54/h1-29H. The van der Waals surface area contributed by atoms with E-state index in [2.05, 4.69) is 180 Å². The topological polar surface area (TPSA) is 4.93 Å². The van der Waals surface area contributed by atoms with Crippen LogP contribution in [0.1, 0.15) is 22.3 Å². The van der Waals surface area contributed by atoms with Gasteiger partial charge in [0.05, 0.1) is 22.1 Å². The Hall–Kier alpha value is -6.74. The van der Waals surface area contributed by atoms with Crippen molar-refractivity contribution in [1.82, 2.24) is 4.57 Å². The molecule has 0 amide bonds. The molecular weight excluding hydrogens is 683 g/mol. The van der Waals surface area contributed by atoms with Crippen molar-refractivity contribution < 1.29 is 0 Å². The number of para-hydroxylation sites is 3. The zero-order valence-corrected chi connectivity index (χ0v) is 30.4. The van der Waals surface area contributed by atoms with Crippen molar-refractivity contribution in [3.63, 3.8) is 0 Å². The summed E-state index contributed by atoms with van der Waals surface area (Å²) in [6.07, 6.45) is 0. The van der Waals surface area contributed by atoms with E-state index < -0.39 is 5.41 Å². The molecule has 1 aliphatic heterocycles. The van der Waals surface area contributed by atoms with Crippen LogP contribution in [0.5, 0.6) is 0 Å². The molecule has 1 spiro atoms. The monoisotopic (exact) mass is 711 g/mol. The third kappa shape index (κ3) is 3.30. The maximum absolute atomic E-state index is 2.59. The summed E-state index contributed by atoms with van der Waals surface area (Å²) in [5.74, 6) is 0. The lowest BCUT2D eigenvalue weighted by Crippen LogP contribution is -2.33. The highest BCUT2D eigenvalue weighted by atomic mass is 32.1. The van der Waals surface area contributed by atoms with Gasteiger partial charge in [-0.15, -0.1) is 11.3 Å². The van der Waals surface area contributed by atoms with Gasteiger partial charge in [-0.3, -0.25) is 0 Å². The lowest BCUT2D eigenvalue weighted by Gasteiger charge is -2.40. The lowest BCUT2D eigenvalue weighted by atomic mass is 9.65. The van der Waals surface area contributed by atoms with Gasteiger partial charge in [0.15, 0.2) is 0 Å². The molecule has 1 nitrogen and oxygen atoms in total. The molecule has 2 aliphatic carbocycles. The Morgan fingerprint density at radius 1 is 0.382 bits per heavy atom.